The normalized spacial score (nSPS) is 24.1. The highest BCUT2D eigenvalue weighted by atomic mass is 19.1. The molecule has 0 radical (unpaired) electrons. The number of rotatable bonds is 2. The molecule has 0 fully saturated rings. The lowest BCUT2D eigenvalue weighted by molar-refractivity contribution is -0.385. The summed E-state index contributed by atoms with van der Waals surface area (Å²) in [7, 11) is 0. The first-order valence-corrected chi connectivity index (χ1v) is 7.76. The second kappa shape index (κ2) is 5.33. The third-order valence-electron chi connectivity index (χ3n) is 4.91. The molecular weight excluding hydrogens is 311 g/mol. The van der Waals surface area contributed by atoms with E-state index in [1.165, 1.54) is 6.07 Å². The fourth-order valence-electron chi connectivity index (χ4n) is 3.87. The van der Waals surface area contributed by atoms with Crippen molar-refractivity contribution in [2.24, 2.45) is 5.92 Å². The van der Waals surface area contributed by atoms with Gasteiger partial charge in [-0.15, -0.1) is 0 Å². The Balaban J connectivity index is 1.90. The molecule has 0 amide bonds. The van der Waals surface area contributed by atoms with Crippen LogP contribution in [0.25, 0.3) is 0 Å². The Morgan fingerprint density at radius 2 is 2.04 bits per heavy atom. The van der Waals surface area contributed by atoms with Crippen LogP contribution in [0.5, 0.6) is 5.75 Å². The standard InChI is InChI=1S/C18H15FN2O3/c19-13-8-9-14(21(23)24)16-10-5-3-6-11(10)17(20-18(13)16)12-4-1-2-7-15(12)22/h1-5,7-11,17,20,22H,6H2. The van der Waals surface area contributed by atoms with E-state index in [9.17, 15) is 19.6 Å². The Morgan fingerprint density at radius 3 is 2.79 bits per heavy atom. The van der Waals surface area contributed by atoms with Crippen molar-refractivity contribution in [2.75, 3.05) is 5.32 Å². The number of nitrogens with one attached hydrogen (secondary N) is 1. The highest BCUT2D eigenvalue weighted by Crippen LogP contribution is 2.53. The molecule has 2 N–H and O–H groups in total. The second-order valence-corrected chi connectivity index (χ2v) is 6.15. The molecule has 2 aromatic carbocycles. The number of fused-ring (bicyclic) bond motifs is 3. The Labute approximate surface area is 137 Å². The van der Waals surface area contributed by atoms with Gasteiger partial charge in [0.1, 0.15) is 11.6 Å². The molecule has 2 aromatic rings. The van der Waals surface area contributed by atoms with Gasteiger partial charge in [0.2, 0.25) is 0 Å². The molecule has 1 heterocycles. The topological polar surface area (TPSA) is 75.4 Å². The molecule has 1 aliphatic carbocycles. The van der Waals surface area contributed by atoms with E-state index in [1.54, 1.807) is 18.2 Å². The first kappa shape index (κ1) is 14.7. The Morgan fingerprint density at radius 1 is 1.25 bits per heavy atom. The van der Waals surface area contributed by atoms with Crippen molar-refractivity contribution >= 4 is 11.4 Å². The van der Waals surface area contributed by atoms with Crippen LogP contribution >= 0.6 is 0 Å². The minimum atomic E-state index is -0.519. The van der Waals surface area contributed by atoms with Crippen LogP contribution in [0.1, 0.15) is 29.5 Å². The lowest BCUT2D eigenvalue weighted by Crippen LogP contribution is -2.30. The first-order valence-electron chi connectivity index (χ1n) is 7.76. The number of nitro benzene ring substituents is 1. The van der Waals surface area contributed by atoms with Gasteiger partial charge in [-0.3, -0.25) is 10.1 Å². The van der Waals surface area contributed by atoms with Gasteiger partial charge >= 0.3 is 0 Å². The van der Waals surface area contributed by atoms with Gasteiger partial charge in [0, 0.05) is 17.5 Å². The summed E-state index contributed by atoms with van der Waals surface area (Å²) in [5.74, 6) is -0.641. The molecule has 24 heavy (non-hydrogen) atoms. The summed E-state index contributed by atoms with van der Waals surface area (Å²) in [5, 5.41) is 24.7. The molecule has 0 saturated carbocycles. The van der Waals surface area contributed by atoms with Crippen molar-refractivity contribution in [2.45, 2.75) is 18.4 Å². The number of benzene rings is 2. The molecule has 0 bridgehead atoms. The number of phenols is 1. The first-order chi connectivity index (χ1) is 11.6. The summed E-state index contributed by atoms with van der Waals surface area (Å²) in [6, 6.07) is 8.95. The van der Waals surface area contributed by atoms with Crippen molar-refractivity contribution in [1.82, 2.24) is 0 Å². The number of nitrogens with zero attached hydrogens (tertiary/aromatic N) is 1. The highest BCUT2D eigenvalue weighted by molar-refractivity contribution is 5.68. The second-order valence-electron chi connectivity index (χ2n) is 6.15. The number of aromatic hydroxyl groups is 1. The molecule has 6 heteroatoms. The average Bonchev–Trinajstić information content (AvgIpc) is 3.05. The van der Waals surface area contributed by atoms with Crippen molar-refractivity contribution in [3.8, 4) is 5.75 Å². The molecular formula is C18H15FN2O3. The van der Waals surface area contributed by atoms with Crippen LogP contribution in [0.15, 0.2) is 48.6 Å². The largest absolute Gasteiger partial charge is 0.508 e. The molecule has 4 rings (SSSR count). The fourth-order valence-corrected chi connectivity index (χ4v) is 3.87. The summed E-state index contributed by atoms with van der Waals surface area (Å²) in [4.78, 5) is 10.9. The minimum absolute atomic E-state index is 0.00806. The van der Waals surface area contributed by atoms with Gasteiger partial charge in [-0.2, -0.15) is 0 Å². The van der Waals surface area contributed by atoms with E-state index in [0.717, 1.165) is 6.07 Å². The van der Waals surface area contributed by atoms with E-state index in [-0.39, 0.29) is 35.0 Å². The van der Waals surface area contributed by atoms with Gasteiger partial charge in [-0.05, 0) is 24.5 Å². The molecule has 2 aliphatic rings. The van der Waals surface area contributed by atoms with Crippen LogP contribution in [-0.2, 0) is 0 Å². The number of phenolic OH excluding ortho intramolecular Hbond substituents is 1. The number of nitro groups is 1. The summed E-state index contributed by atoms with van der Waals surface area (Å²) in [5.41, 5.74) is 1.15. The van der Waals surface area contributed by atoms with Gasteiger partial charge in [0.05, 0.1) is 22.2 Å². The van der Waals surface area contributed by atoms with Crippen LogP contribution < -0.4 is 5.32 Å². The SMILES string of the molecule is O=[N+]([O-])c1ccc(F)c2c1C1C=CCC1C(c1ccccc1O)N2. The summed E-state index contributed by atoms with van der Waals surface area (Å²) in [6.07, 6.45) is 4.58. The molecule has 3 atom stereocenters. The molecule has 0 saturated heterocycles. The Kier molecular flexibility index (Phi) is 3.26. The highest BCUT2D eigenvalue weighted by Gasteiger charge is 2.43. The summed E-state index contributed by atoms with van der Waals surface area (Å²) in [6.45, 7) is 0. The van der Waals surface area contributed by atoms with E-state index in [1.807, 2.05) is 18.2 Å². The zero-order valence-electron chi connectivity index (χ0n) is 12.6. The monoisotopic (exact) mass is 326 g/mol. The van der Waals surface area contributed by atoms with Crippen LogP contribution in [-0.4, -0.2) is 10.0 Å². The van der Waals surface area contributed by atoms with Crippen molar-refractivity contribution < 1.29 is 14.4 Å². The maximum Gasteiger partial charge on any atom is 0.275 e. The van der Waals surface area contributed by atoms with Crippen LogP contribution in [0.2, 0.25) is 0 Å². The van der Waals surface area contributed by atoms with Crippen molar-refractivity contribution in [1.29, 1.82) is 0 Å². The number of allylic oxidation sites excluding steroid dienone is 2. The molecule has 3 unspecified atom stereocenters. The molecule has 122 valence electrons. The predicted molar refractivity (Wildman–Crippen MR) is 87.5 cm³/mol. The van der Waals surface area contributed by atoms with Gasteiger partial charge in [-0.1, -0.05) is 30.4 Å². The van der Waals surface area contributed by atoms with Crippen LogP contribution in [0.4, 0.5) is 15.8 Å². The van der Waals surface area contributed by atoms with Crippen LogP contribution in [0.3, 0.4) is 0 Å². The lowest BCUT2D eigenvalue weighted by Gasteiger charge is -2.37. The lowest BCUT2D eigenvalue weighted by atomic mass is 9.76. The van der Waals surface area contributed by atoms with Gasteiger partial charge in [0.25, 0.3) is 5.69 Å². The van der Waals surface area contributed by atoms with Gasteiger partial charge in [0.15, 0.2) is 0 Å². The Hall–Kier alpha value is -2.89. The minimum Gasteiger partial charge on any atom is -0.508 e. The van der Waals surface area contributed by atoms with Crippen molar-refractivity contribution in [3.05, 3.63) is 75.6 Å². The quantitative estimate of drug-likeness (QED) is 0.491. The average molecular weight is 326 g/mol. The number of halogens is 1. The van der Waals surface area contributed by atoms with Gasteiger partial charge in [-0.25, -0.2) is 4.39 Å². The summed E-state index contributed by atoms with van der Waals surface area (Å²) >= 11 is 0. The zero-order valence-corrected chi connectivity index (χ0v) is 12.6. The number of para-hydroxylation sites is 1. The van der Waals surface area contributed by atoms with Crippen molar-refractivity contribution in [3.63, 3.8) is 0 Å². The van der Waals surface area contributed by atoms with E-state index in [0.29, 0.717) is 17.5 Å². The number of hydrogen-bond donors (Lipinski definition) is 2. The molecule has 0 spiro atoms. The number of anilines is 1. The molecule has 1 aliphatic heterocycles. The molecule has 5 nitrogen and oxygen atoms in total. The van der Waals surface area contributed by atoms with Crippen LogP contribution in [0, 0.1) is 21.8 Å². The van der Waals surface area contributed by atoms with E-state index < -0.39 is 10.7 Å². The Bertz CT molecular complexity index is 865. The van der Waals surface area contributed by atoms with E-state index >= 15 is 0 Å². The maximum absolute atomic E-state index is 14.4. The summed E-state index contributed by atoms with van der Waals surface area (Å²) < 4.78 is 14.4. The maximum atomic E-state index is 14.4. The third-order valence-corrected chi connectivity index (χ3v) is 4.91. The smallest absolute Gasteiger partial charge is 0.275 e. The third kappa shape index (κ3) is 2.06. The zero-order chi connectivity index (χ0) is 16.8. The van der Waals surface area contributed by atoms with E-state index in [4.69, 9.17) is 0 Å². The van der Waals surface area contributed by atoms with E-state index in [2.05, 4.69) is 5.32 Å². The molecule has 0 aromatic heterocycles. The fraction of sp³-hybridized carbons (Fsp3) is 0.222. The van der Waals surface area contributed by atoms with Gasteiger partial charge < -0.3 is 10.4 Å². The number of hydrogen-bond acceptors (Lipinski definition) is 4. The predicted octanol–water partition coefficient (Wildman–Crippen LogP) is 4.27.